The Hall–Kier alpha value is -2.34. The van der Waals surface area contributed by atoms with Crippen molar-refractivity contribution >= 4 is 5.91 Å². The first-order chi connectivity index (χ1) is 11.2. The Morgan fingerprint density at radius 2 is 2.00 bits per heavy atom. The molecule has 2 aromatic heterocycles. The van der Waals surface area contributed by atoms with Crippen LogP contribution in [0.3, 0.4) is 0 Å². The maximum Gasteiger partial charge on any atom is 0.274 e. The molecule has 1 aliphatic rings. The van der Waals surface area contributed by atoms with Crippen LogP contribution in [0.4, 0.5) is 0 Å². The zero-order chi connectivity index (χ0) is 16.2. The van der Waals surface area contributed by atoms with Gasteiger partial charge in [0.25, 0.3) is 5.91 Å². The standard InChI is InChI=1S/C17H21N5O/c1-3-21(10-14-4-6-18-7-5-14)15-11-22(12-15)17(23)16-9-19-13(2)8-20-16/h4-9,15H,3,10-12H2,1-2H3. The molecule has 6 heteroatoms. The van der Waals surface area contributed by atoms with Crippen molar-refractivity contribution in [3.8, 4) is 0 Å². The van der Waals surface area contributed by atoms with Gasteiger partial charge in [-0.3, -0.25) is 19.7 Å². The van der Waals surface area contributed by atoms with Gasteiger partial charge in [-0.2, -0.15) is 0 Å². The van der Waals surface area contributed by atoms with E-state index < -0.39 is 0 Å². The highest BCUT2D eigenvalue weighted by Crippen LogP contribution is 2.19. The molecule has 6 nitrogen and oxygen atoms in total. The Balaban J connectivity index is 1.56. The van der Waals surface area contributed by atoms with E-state index in [0.717, 1.165) is 31.9 Å². The van der Waals surface area contributed by atoms with Gasteiger partial charge < -0.3 is 4.90 Å². The van der Waals surface area contributed by atoms with Gasteiger partial charge in [0.15, 0.2) is 0 Å². The first-order valence-corrected chi connectivity index (χ1v) is 7.88. The second kappa shape index (κ2) is 6.83. The Morgan fingerprint density at radius 1 is 1.26 bits per heavy atom. The highest BCUT2D eigenvalue weighted by molar-refractivity contribution is 5.92. The average molecular weight is 311 g/mol. The van der Waals surface area contributed by atoms with E-state index in [1.165, 1.54) is 5.56 Å². The molecular formula is C17H21N5O. The normalized spacial score (nSPS) is 14.8. The van der Waals surface area contributed by atoms with Crippen LogP contribution in [-0.2, 0) is 6.54 Å². The summed E-state index contributed by atoms with van der Waals surface area (Å²) in [6.07, 6.45) is 6.82. The quantitative estimate of drug-likeness (QED) is 0.838. The number of carbonyl (C=O) groups is 1. The number of likely N-dealkylation sites (N-methyl/N-ethyl adjacent to an activating group) is 1. The molecule has 0 unspecified atom stereocenters. The first-order valence-electron chi connectivity index (χ1n) is 7.88. The van der Waals surface area contributed by atoms with Crippen molar-refractivity contribution < 1.29 is 4.79 Å². The van der Waals surface area contributed by atoms with E-state index in [-0.39, 0.29) is 5.91 Å². The van der Waals surface area contributed by atoms with Crippen LogP contribution in [0.25, 0.3) is 0 Å². The van der Waals surface area contributed by atoms with Crippen molar-refractivity contribution in [1.29, 1.82) is 0 Å². The predicted molar refractivity (Wildman–Crippen MR) is 86.8 cm³/mol. The smallest absolute Gasteiger partial charge is 0.274 e. The van der Waals surface area contributed by atoms with E-state index in [0.29, 0.717) is 11.7 Å². The van der Waals surface area contributed by atoms with E-state index in [4.69, 9.17) is 0 Å². The maximum atomic E-state index is 12.3. The van der Waals surface area contributed by atoms with Crippen molar-refractivity contribution in [1.82, 2.24) is 24.8 Å². The van der Waals surface area contributed by atoms with Crippen LogP contribution >= 0.6 is 0 Å². The number of nitrogens with zero attached hydrogens (tertiary/aromatic N) is 5. The summed E-state index contributed by atoms with van der Waals surface area (Å²) in [6.45, 7) is 7.34. The van der Waals surface area contributed by atoms with E-state index in [9.17, 15) is 4.79 Å². The fraction of sp³-hybridized carbons (Fsp3) is 0.412. The van der Waals surface area contributed by atoms with Crippen LogP contribution in [0.5, 0.6) is 0 Å². The molecule has 2 aromatic rings. The largest absolute Gasteiger partial charge is 0.334 e. The summed E-state index contributed by atoms with van der Waals surface area (Å²) < 4.78 is 0. The van der Waals surface area contributed by atoms with E-state index in [2.05, 4.69) is 26.8 Å². The van der Waals surface area contributed by atoms with Crippen LogP contribution in [-0.4, -0.2) is 56.3 Å². The third kappa shape index (κ3) is 3.53. The molecular weight excluding hydrogens is 290 g/mol. The highest BCUT2D eigenvalue weighted by atomic mass is 16.2. The third-order valence-electron chi connectivity index (χ3n) is 4.21. The van der Waals surface area contributed by atoms with Crippen LogP contribution in [0.15, 0.2) is 36.9 Å². The Kier molecular flexibility index (Phi) is 4.62. The number of rotatable bonds is 5. The summed E-state index contributed by atoms with van der Waals surface area (Å²) in [4.78, 5) is 28.9. The van der Waals surface area contributed by atoms with Crippen molar-refractivity contribution in [2.24, 2.45) is 0 Å². The second-order valence-electron chi connectivity index (χ2n) is 5.83. The van der Waals surface area contributed by atoms with Gasteiger partial charge in [-0.25, -0.2) is 4.98 Å². The molecule has 0 aliphatic carbocycles. The van der Waals surface area contributed by atoms with Gasteiger partial charge in [-0.05, 0) is 31.2 Å². The molecule has 1 saturated heterocycles. The second-order valence-corrected chi connectivity index (χ2v) is 5.83. The van der Waals surface area contributed by atoms with Crippen molar-refractivity contribution in [2.75, 3.05) is 19.6 Å². The molecule has 0 saturated carbocycles. The van der Waals surface area contributed by atoms with Crippen LogP contribution < -0.4 is 0 Å². The SMILES string of the molecule is CCN(Cc1ccncc1)C1CN(C(=O)c2cnc(C)cn2)C1. The van der Waals surface area contributed by atoms with Crippen molar-refractivity contribution in [3.05, 3.63) is 53.9 Å². The minimum absolute atomic E-state index is 0.0336. The van der Waals surface area contributed by atoms with Gasteiger partial charge in [-0.1, -0.05) is 6.92 Å². The maximum absolute atomic E-state index is 12.3. The first kappa shape index (κ1) is 15.6. The molecule has 1 amide bonds. The number of carbonyl (C=O) groups excluding carboxylic acids is 1. The lowest BCUT2D eigenvalue weighted by molar-refractivity contribution is 0.0249. The lowest BCUT2D eigenvalue weighted by Gasteiger charge is -2.45. The highest BCUT2D eigenvalue weighted by Gasteiger charge is 2.35. The Labute approximate surface area is 136 Å². The third-order valence-corrected chi connectivity index (χ3v) is 4.21. The molecule has 3 rings (SSSR count). The monoisotopic (exact) mass is 311 g/mol. The lowest BCUT2D eigenvalue weighted by atomic mass is 10.1. The van der Waals surface area contributed by atoms with Crippen LogP contribution in [0, 0.1) is 6.92 Å². The van der Waals surface area contributed by atoms with Crippen molar-refractivity contribution in [2.45, 2.75) is 26.4 Å². The Bertz CT molecular complexity index is 652. The molecule has 0 spiro atoms. The number of amides is 1. The summed E-state index contributed by atoms with van der Waals surface area (Å²) in [5, 5.41) is 0. The summed E-state index contributed by atoms with van der Waals surface area (Å²) >= 11 is 0. The number of aryl methyl sites for hydroxylation is 1. The van der Waals surface area contributed by atoms with Gasteiger partial charge in [0.1, 0.15) is 5.69 Å². The molecule has 0 N–H and O–H groups in total. The minimum Gasteiger partial charge on any atom is -0.334 e. The van der Waals surface area contributed by atoms with Gasteiger partial charge >= 0.3 is 0 Å². The molecule has 1 aliphatic heterocycles. The van der Waals surface area contributed by atoms with Crippen LogP contribution in [0.2, 0.25) is 0 Å². The topological polar surface area (TPSA) is 62.2 Å². The van der Waals surface area contributed by atoms with Gasteiger partial charge in [0.2, 0.25) is 0 Å². The molecule has 3 heterocycles. The van der Waals surface area contributed by atoms with Gasteiger partial charge in [0, 0.05) is 44.3 Å². The fourth-order valence-electron chi connectivity index (χ4n) is 2.74. The molecule has 0 aromatic carbocycles. The number of aromatic nitrogens is 3. The van der Waals surface area contributed by atoms with Crippen LogP contribution in [0.1, 0.15) is 28.7 Å². The number of hydrogen-bond acceptors (Lipinski definition) is 5. The summed E-state index contributed by atoms with van der Waals surface area (Å²) in [6, 6.07) is 4.47. The zero-order valence-electron chi connectivity index (χ0n) is 13.5. The number of pyridine rings is 1. The Morgan fingerprint density at radius 3 is 2.61 bits per heavy atom. The molecule has 0 radical (unpaired) electrons. The van der Waals surface area contributed by atoms with E-state index in [1.807, 2.05) is 36.4 Å². The molecule has 1 fully saturated rings. The van der Waals surface area contributed by atoms with E-state index in [1.54, 1.807) is 12.4 Å². The molecule has 0 atom stereocenters. The zero-order valence-corrected chi connectivity index (χ0v) is 13.5. The summed E-state index contributed by atoms with van der Waals surface area (Å²) in [7, 11) is 0. The predicted octanol–water partition coefficient (Wildman–Crippen LogP) is 1.53. The number of likely N-dealkylation sites (tertiary alicyclic amines) is 1. The average Bonchev–Trinajstić information content (AvgIpc) is 2.54. The van der Waals surface area contributed by atoms with E-state index >= 15 is 0 Å². The lowest BCUT2D eigenvalue weighted by Crippen LogP contribution is -2.60. The summed E-state index contributed by atoms with van der Waals surface area (Å²) in [5.74, 6) is -0.0336. The van der Waals surface area contributed by atoms with Crippen molar-refractivity contribution in [3.63, 3.8) is 0 Å². The molecule has 0 bridgehead atoms. The minimum atomic E-state index is -0.0336. The fourth-order valence-corrected chi connectivity index (χ4v) is 2.74. The number of hydrogen-bond donors (Lipinski definition) is 0. The van der Waals surface area contributed by atoms with Gasteiger partial charge in [-0.15, -0.1) is 0 Å². The molecule has 120 valence electrons. The summed E-state index contributed by atoms with van der Waals surface area (Å²) in [5.41, 5.74) is 2.49. The molecule has 23 heavy (non-hydrogen) atoms. The van der Waals surface area contributed by atoms with Gasteiger partial charge in [0.05, 0.1) is 11.9 Å².